The maximum absolute atomic E-state index is 12.6. The summed E-state index contributed by atoms with van der Waals surface area (Å²) in [6, 6.07) is 14.0. The molecule has 9 heteroatoms. The Bertz CT molecular complexity index is 1000. The minimum Gasteiger partial charge on any atom is -0.482 e. The fourth-order valence-corrected chi connectivity index (χ4v) is 5.23. The van der Waals surface area contributed by atoms with Crippen LogP contribution >= 0.6 is 23.2 Å². The van der Waals surface area contributed by atoms with Crippen molar-refractivity contribution in [1.82, 2.24) is 10.2 Å². The van der Waals surface area contributed by atoms with E-state index in [0.29, 0.717) is 28.5 Å². The van der Waals surface area contributed by atoms with Crippen LogP contribution in [0.1, 0.15) is 37.7 Å². The lowest BCUT2D eigenvalue weighted by molar-refractivity contribution is -0.124. The molecule has 2 aromatic carbocycles. The minimum atomic E-state index is -0.236. The van der Waals surface area contributed by atoms with E-state index in [2.05, 4.69) is 27.7 Å². The Morgan fingerprint density at radius 2 is 1.68 bits per heavy atom. The number of rotatable bonds is 9. The first-order chi connectivity index (χ1) is 16.4. The van der Waals surface area contributed by atoms with Crippen LogP contribution in [0.2, 0.25) is 10.0 Å². The highest BCUT2D eigenvalue weighted by Gasteiger charge is 2.40. The molecule has 2 unspecified atom stereocenters. The van der Waals surface area contributed by atoms with E-state index >= 15 is 0 Å². The Labute approximate surface area is 209 Å². The molecule has 2 aromatic rings. The topological polar surface area (TPSA) is 96.7 Å². The summed E-state index contributed by atoms with van der Waals surface area (Å²) in [7, 11) is 0. The zero-order chi connectivity index (χ0) is 24.1. The Morgan fingerprint density at radius 3 is 2.35 bits per heavy atom. The molecular formula is C25H30Cl2N4O3. The van der Waals surface area contributed by atoms with E-state index in [4.69, 9.17) is 33.7 Å². The van der Waals surface area contributed by atoms with Crippen molar-refractivity contribution in [2.24, 2.45) is 5.73 Å². The molecule has 2 aliphatic rings. The van der Waals surface area contributed by atoms with Gasteiger partial charge in [0.1, 0.15) is 5.75 Å². The van der Waals surface area contributed by atoms with Crippen molar-refractivity contribution in [3.63, 3.8) is 0 Å². The van der Waals surface area contributed by atoms with Crippen molar-refractivity contribution in [3.05, 3.63) is 58.1 Å². The predicted octanol–water partition coefficient (Wildman–Crippen LogP) is 3.97. The van der Waals surface area contributed by atoms with Crippen molar-refractivity contribution in [3.8, 4) is 5.75 Å². The van der Waals surface area contributed by atoms with Gasteiger partial charge in [0.25, 0.3) is 5.91 Å². The predicted molar refractivity (Wildman–Crippen MR) is 134 cm³/mol. The third-order valence-corrected chi connectivity index (χ3v) is 6.96. The fraction of sp³-hybridized carbons (Fsp3) is 0.440. The largest absolute Gasteiger partial charge is 0.482 e. The van der Waals surface area contributed by atoms with Crippen LogP contribution in [0.15, 0.2) is 42.5 Å². The highest BCUT2D eigenvalue weighted by molar-refractivity contribution is 6.31. The van der Waals surface area contributed by atoms with Crippen LogP contribution in [0.25, 0.3) is 0 Å². The Hall–Kier alpha value is -2.32. The number of amides is 2. The van der Waals surface area contributed by atoms with E-state index in [1.165, 1.54) is 5.56 Å². The zero-order valence-electron chi connectivity index (χ0n) is 18.9. The first kappa shape index (κ1) is 24.8. The zero-order valence-corrected chi connectivity index (χ0v) is 20.4. The first-order valence-corrected chi connectivity index (χ1v) is 12.4. The van der Waals surface area contributed by atoms with Crippen LogP contribution in [0.5, 0.6) is 5.75 Å². The van der Waals surface area contributed by atoms with Crippen LogP contribution in [0, 0.1) is 0 Å². The van der Waals surface area contributed by atoms with Gasteiger partial charge in [-0.2, -0.15) is 0 Å². The van der Waals surface area contributed by atoms with Crippen molar-refractivity contribution in [2.45, 2.75) is 56.8 Å². The third-order valence-electron chi connectivity index (χ3n) is 6.47. The SMILES string of the molecule is NCCC(=O)Nc1cc(Cl)ccc1OCC(=O)NC1CC2CC[C@@H](C1)N2Cc1ccc(Cl)cc1. The second kappa shape index (κ2) is 11.4. The smallest absolute Gasteiger partial charge is 0.258 e. The summed E-state index contributed by atoms with van der Waals surface area (Å²) in [5, 5.41) is 7.08. The van der Waals surface area contributed by atoms with E-state index in [0.717, 1.165) is 37.3 Å². The quantitative estimate of drug-likeness (QED) is 0.479. The molecule has 4 rings (SSSR count). The number of nitrogens with two attached hydrogens (primary N) is 1. The van der Waals surface area contributed by atoms with Crippen LogP contribution in [0.3, 0.4) is 0 Å². The van der Waals surface area contributed by atoms with Gasteiger partial charge in [0, 0.05) is 47.7 Å². The number of halogens is 2. The highest BCUT2D eigenvalue weighted by Crippen LogP contribution is 2.37. The number of benzene rings is 2. The van der Waals surface area contributed by atoms with Gasteiger partial charge < -0.3 is 21.1 Å². The number of nitrogens with one attached hydrogen (secondary N) is 2. The molecular weight excluding hydrogens is 475 g/mol. The van der Waals surface area contributed by atoms with Gasteiger partial charge in [-0.1, -0.05) is 35.3 Å². The number of nitrogens with zero attached hydrogens (tertiary/aromatic N) is 1. The van der Waals surface area contributed by atoms with Gasteiger partial charge in [-0.3, -0.25) is 14.5 Å². The first-order valence-electron chi connectivity index (χ1n) is 11.6. The number of piperidine rings is 1. The highest BCUT2D eigenvalue weighted by atomic mass is 35.5. The summed E-state index contributed by atoms with van der Waals surface area (Å²) in [4.78, 5) is 27.1. The molecule has 2 fully saturated rings. The molecule has 0 saturated carbocycles. The van der Waals surface area contributed by atoms with E-state index in [-0.39, 0.29) is 37.4 Å². The van der Waals surface area contributed by atoms with Crippen LogP contribution < -0.4 is 21.1 Å². The molecule has 2 bridgehead atoms. The Balaban J connectivity index is 1.29. The number of hydrogen-bond donors (Lipinski definition) is 3. The molecule has 0 aromatic heterocycles. The van der Waals surface area contributed by atoms with Gasteiger partial charge in [0.05, 0.1) is 5.69 Å². The molecule has 2 amide bonds. The third kappa shape index (κ3) is 6.42. The average Bonchev–Trinajstić information content (AvgIpc) is 3.02. The summed E-state index contributed by atoms with van der Waals surface area (Å²) >= 11 is 12.1. The van der Waals surface area contributed by atoms with E-state index in [1.54, 1.807) is 18.2 Å². The normalized spacial score (nSPS) is 21.8. The summed E-state index contributed by atoms with van der Waals surface area (Å²) in [5.41, 5.74) is 7.12. The standard InChI is InChI=1S/C25H30Cl2N4O3/c26-17-3-1-16(2-4-17)14-31-20-6-7-21(31)13-19(12-20)29-25(33)15-34-23-8-5-18(27)11-22(23)30-24(32)9-10-28/h1-5,8,11,19-21H,6-7,9-10,12-15,28H2,(H,29,33)(H,30,32)/t19?,20-,21?/m0/s1. The van der Waals surface area contributed by atoms with Crippen molar-refractivity contribution < 1.29 is 14.3 Å². The van der Waals surface area contributed by atoms with Gasteiger partial charge in [-0.25, -0.2) is 0 Å². The van der Waals surface area contributed by atoms with Gasteiger partial charge in [0.2, 0.25) is 5.91 Å². The Kier molecular flexibility index (Phi) is 8.32. The number of fused-ring (bicyclic) bond motifs is 2. The molecule has 4 N–H and O–H groups in total. The second-order valence-electron chi connectivity index (χ2n) is 8.94. The monoisotopic (exact) mass is 504 g/mol. The van der Waals surface area contributed by atoms with Crippen molar-refractivity contribution in [2.75, 3.05) is 18.5 Å². The molecule has 7 nitrogen and oxygen atoms in total. The summed E-state index contributed by atoms with van der Waals surface area (Å²) in [6.07, 6.45) is 4.34. The number of ether oxygens (including phenoxy) is 1. The summed E-state index contributed by atoms with van der Waals surface area (Å²) in [6.45, 7) is 1.01. The molecule has 2 heterocycles. The average molecular weight is 505 g/mol. The number of hydrogen-bond acceptors (Lipinski definition) is 5. The molecule has 0 radical (unpaired) electrons. The van der Waals surface area contributed by atoms with Crippen molar-refractivity contribution >= 4 is 40.7 Å². The molecule has 0 spiro atoms. The number of anilines is 1. The van der Waals surface area contributed by atoms with Crippen LogP contribution in [-0.2, 0) is 16.1 Å². The molecule has 2 saturated heterocycles. The molecule has 0 aliphatic carbocycles. The van der Waals surface area contributed by atoms with E-state index in [1.807, 2.05) is 12.1 Å². The van der Waals surface area contributed by atoms with E-state index in [9.17, 15) is 9.59 Å². The fourth-order valence-electron chi connectivity index (χ4n) is 4.93. The van der Waals surface area contributed by atoms with Gasteiger partial charge in [-0.05, 0) is 61.6 Å². The lowest BCUT2D eigenvalue weighted by Gasteiger charge is -2.39. The van der Waals surface area contributed by atoms with Gasteiger partial charge in [-0.15, -0.1) is 0 Å². The van der Waals surface area contributed by atoms with E-state index < -0.39 is 0 Å². The Morgan fingerprint density at radius 1 is 1.00 bits per heavy atom. The second-order valence-corrected chi connectivity index (χ2v) is 9.81. The lowest BCUT2D eigenvalue weighted by Crippen LogP contribution is -2.50. The lowest BCUT2D eigenvalue weighted by atomic mass is 9.96. The summed E-state index contributed by atoms with van der Waals surface area (Å²) in [5.74, 6) is -0.0209. The van der Waals surface area contributed by atoms with Crippen LogP contribution in [-0.4, -0.2) is 48.0 Å². The van der Waals surface area contributed by atoms with Crippen molar-refractivity contribution in [1.29, 1.82) is 0 Å². The van der Waals surface area contributed by atoms with Gasteiger partial charge in [0.15, 0.2) is 6.61 Å². The molecule has 3 atom stereocenters. The molecule has 2 aliphatic heterocycles. The molecule has 182 valence electrons. The minimum absolute atomic E-state index is 0.129. The number of carbonyl (C=O) groups excluding carboxylic acids is 2. The van der Waals surface area contributed by atoms with Gasteiger partial charge >= 0.3 is 0 Å². The molecule has 34 heavy (non-hydrogen) atoms. The summed E-state index contributed by atoms with van der Waals surface area (Å²) < 4.78 is 5.72. The van der Waals surface area contributed by atoms with Crippen LogP contribution in [0.4, 0.5) is 5.69 Å². The maximum Gasteiger partial charge on any atom is 0.258 e. The number of carbonyl (C=O) groups is 2. The maximum atomic E-state index is 12.6.